The summed E-state index contributed by atoms with van der Waals surface area (Å²) >= 11 is 3.37. The van der Waals surface area contributed by atoms with Crippen LogP contribution in [0, 0.1) is 0 Å². The SMILES string of the molecule is CCNc1nc(-c2cnc(CC)s2)cs1. The van der Waals surface area contributed by atoms with E-state index in [1.165, 1.54) is 5.01 Å². The molecule has 0 unspecified atom stereocenters. The lowest BCUT2D eigenvalue weighted by atomic mass is 10.4. The van der Waals surface area contributed by atoms with Gasteiger partial charge >= 0.3 is 0 Å². The average molecular weight is 239 g/mol. The van der Waals surface area contributed by atoms with Crippen LogP contribution in [0.3, 0.4) is 0 Å². The Labute approximate surface area is 97.2 Å². The van der Waals surface area contributed by atoms with Gasteiger partial charge in [0.05, 0.1) is 15.6 Å². The van der Waals surface area contributed by atoms with Gasteiger partial charge in [0.25, 0.3) is 0 Å². The first-order valence-electron chi connectivity index (χ1n) is 4.98. The number of thiazole rings is 2. The van der Waals surface area contributed by atoms with Crippen LogP contribution in [0.2, 0.25) is 0 Å². The highest BCUT2D eigenvalue weighted by molar-refractivity contribution is 7.16. The van der Waals surface area contributed by atoms with E-state index in [2.05, 4.69) is 34.5 Å². The first-order chi connectivity index (χ1) is 7.33. The Balaban J connectivity index is 2.21. The lowest BCUT2D eigenvalue weighted by molar-refractivity contribution is 1.09. The van der Waals surface area contributed by atoms with Crippen molar-refractivity contribution in [3.05, 3.63) is 16.6 Å². The number of nitrogens with one attached hydrogen (secondary N) is 1. The van der Waals surface area contributed by atoms with Crippen molar-refractivity contribution >= 4 is 27.8 Å². The molecule has 5 heteroatoms. The molecule has 0 aliphatic heterocycles. The van der Waals surface area contributed by atoms with Crippen LogP contribution in [0.25, 0.3) is 10.6 Å². The maximum atomic E-state index is 4.50. The van der Waals surface area contributed by atoms with Crippen LogP contribution in [-0.4, -0.2) is 16.5 Å². The predicted octanol–water partition coefficient (Wildman–Crippen LogP) is 3.26. The number of aryl methyl sites for hydroxylation is 1. The molecule has 2 aromatic rings. The van der Waals surface area contributed by atoms with Gasteiger partial charge in [-0.3, -0.25) is 0 Å². The zero-order valence-corrected chi connectivity index (χ0v) is 10.4. The molecule has 2 aromatic heterocycles. The Morgan fingerprint density at radius 2 is 2.27 bits per heavy atom. The molecule has 0 spiro atoms. The summed E-state index contributed by atoms with van der Waals surface area (Å²) in [5, 5.41) is 7.44. The molecular formula is C10H13N3S2. The smallest absolute Gasteiger partial charge is 0.183 e. The minimum atomic E-state index is 0.913. The molecule has 0 aromatic carbocycles. The molecule has 0 radical (unpaired) electrons. The average Bonchev–Trinajstić information content (AvgIpc) is 2.85. The molecule has 0 aliphatic rings. The van der Waals surface area contributed by atoms with Crippen LogP contribution in [-0.2, 0) is 6.42 Å². The van der Waals surface area contributed by atoms with E-state index in [1.54, 1.807) is 22.7 Å². The van der Waals surface area contributed by atoms with Gasteiger partial charge in [-0.2, -0.15) is 0 Å². The van der Waals surface area contributed by atoms with Crippen LogP contribution in [0.5, 0.6) is 0 Å². The van der Waals surface area contributed by atoms with Gasteiger partial charge in [0.1, 0.15) is 0 Å². The fraction of sp³-hybridized carbons (Fsp3) is 0.400. The molecule has 2 rings (SSSR count). The quantitative estimate of drug-likeness (QED) is 0.890. The van der Waals surface area contributed by atoms with E-state index in [4.69, 9.17) is 0 Å². The fourth-order valence-corrected chi connectivity index (χ4v) is 2.89. The Morgan fingerprint density at radius 3 is 2.93 bits per heavy atom. The highest BCUT2D eigenvalue weighted by Crippen LogP contribution is 2.29. The van der Waals surface area contributed by atoms with Crippen molar-refractivity contribution in [3.8, 4) is 10.6 Å². The van der Waals surface area contributed by atoms with Crippen molar-refractivity contribution in [2.75, 3.05) is 11.9 Å². The molecule has 0 atom stereocenters. The lowest BCUT2D eigenvalue weighted by Gasteiger charge is -1.93. The van der Waals surface area contributed by atoms with Crippen molar-refractivity contribution in [2.24, 2.45) is 0 Å². The van der Waals surface area contributed by atoms with Gasteiger partial charge < -0.3 is 5.32 Å². The maximum Gasteiger partial charge on any atom is 0.183 e. The Kier molecular flexibility index (Phi) is 3.33. The molecule has 2 heterocycles. The highest BCUT2D eigenvalue weighted by atomic mass is 32.1. The summed E-state index contributed by atoms with van der Waals surface area (Å²) in [7, 11) is 0. The molecule has 0 bridgehead atoms. The number of rotatable bonds is 4. The monoisotopic (exact) mass is 239 g/mol. The van der Waals surface area contributed by atoms with Crippen LogP contribution in [0.1, 0.15) is 18.9 Å². The third-order valence-electron chi connectivity index (χ3n) is 1.94. The van der Waals surface area contributed by atoms with E-state index in [-0.39, 0.29) is 0 Å². The van der Waals surface area contributed by atoms with Crippen molar-refractivity contribution in [3.63, 3.8) is 0 Å². The molecule has 0 saturated carbocycles. The lowest BCUT2D eigenvalue weighted by Crippen LogP contribution is -1.94. The van der Waals surface area contributed by atoms with Gasteiger partial charge in [-0.15, -0.1) is 22.7 Å². The molecule has 0 saturated heterocycles. The minimum absolute atomic E-state index is 0.913. The van der Waals surface area contributed by atoms with Gasteiger partial charge in [0.15, 0.2) is 5.13 Å². The molecule has 1 N–H and O–H groups in total. The zero-order valence-electron chi connectivity index (χ0n) is 8.78. The molecule has 0 fully saturated rings. The summed E-state index contributed by atoms with van der Waals surface area (Å²) in [5.74, 6) is 0. The van der Waals surface area contributed by atoms with E-state index in [9.17, 15) is 0 Å². The third-order valence-corrected chi connectivity index (χ3v) is 3.90. The number of hydrogen-bond donors (Lipinski definition) is 1. The number of anilines is 1. The summed E-state index contributed by atoms with van der Waals surface area (Å²) in [5.41, 5.74) is 1.04. The fourth-order valence-electron chi connectivity index (χ4n) is 1.21. The summed E-state index contributed by atoms with van der Waals surface area (Å²) in [6.07, 6.45) is 2.91. The van der Waals surface area contributed by atoms with E-state index < -0.39 is 0 Å². The highest BCUT2D eigenvalue weighted by Gasteiger charge is 2.07. The Hall–Kier alpha value is -0.940. The molecule has 80 valence electrons. The number of hydrogen-bond acceptors (Lipinski definition) is 5. The number of nitrogens with zero attached hydrogens (tertiary/aromatic N) is 2. The predicted molar refractivity (Wildman–Crippen MR) is 66.8 cm³/mol. The van der Waals surface area contributed by atoms with Gasteiger partial charge in [0.2, 0.25) is 0 Å². The van der Waals surface area contributed by atoms with E-state index in [0.29, 0.717) is 0 Å². The molecular weight excluding hydrogens is 226 g/mol. The van der Waals surface area contributed by atoms with E-state index >= 15 is 0 Å². The minimum Gasteiger partial charge on any atom is -0.362 e. The zero-order chi connectivity index (χ0) is 10.7. The molecule has 3 nitrogen and oxygen atoms in total. The van der Waals surface area contributed by atoms with Gasteiger partial charge in [-0.05, 0) is 13.3 Å². The summed E-state index contributed by atoms with van der Waals surface area (Å²) in [6, 6.07) is 0. The van der Waals surface area contributed by atoms with E-state index in [1.807, 2.05) is 6.20 Å². The second-order valence-electron chi connectivity index (χ2n) is 3.04. The second-order valence-corrected chi connectivity index (χ2v) is 5.01. The van der Waals surface area contributed by atoms with Crippen LogP contribution < -0.4 is 5.32 Å². The van der Waals surface area contributed by atoms with Gasteiger partial charge in [-0.25, -0.2) is 9.97 Å². The normalized spacial score (nSPS) is 10.5. The van der Waals surface area contributed by atoms with Crippen LogP contribution in [0.15, 0.2) is 11.6 Å². The standard InChI is InChI=1S/C10H13N3S2/c1-3-9-12-5-8(15-9)7-6-14-10(13-7)11-4-2/h5-6H,3-4H2,1-2H3,(H,11,13). The van der Waals surface area contributed by atoms with Gasteiger partial charge in [0, 0.05) is 18.1 Å². The summed E-state index contributed by atoms with van der Waals surface area (Å²) in [4.78, 5) is 9.98. The molecule has 15 heavy (non-hydrogen) atoms. The van der Waals surface area contributed by atoms with Crippen LogP contribution >= 0.6 is 22.7 Å². The second kappa shape index (κ2) is 4.72. The molecule has 0 aliphatic carbocycles. The summed E-state index contributed by atoms with van der Waals surface area (Å²) < 4.78 is 0. The molecule has 0 amide bonds. The largest absolute Gasteiger partial charge is 0.362 e. The third kappa shape index (κ3) is 2.35. The van der Waals surface area contributed by atoms with Crippen molar-refractivity contribution in [1.29, 1.82) is 0 Å². The Bertz CT molecular complexity index is 433. The van der Waals surface area contributed by atoms with Crippen molar-refractivity contribution < 1.29 is 0 Å². The first kappa shape index (κ1) is 10.6. The van der Waals surface area contributed by atoms with Crippen molar-refractivity contribution in [2.45, 2.75) is 20.3 Å². The van der Waals surface area contributed by atoms with Gasteiger partial charge in [-0.1, -0.05) is 6.92 Å². The van der Waals surface area contributed by atoms with Crippen LogP contribution in [0.4, 0.5) is 5.13 Å². The number of aromatic nitrogens is 2. The summed E-state index contributed by atoms with van der Waals surface area (Å²) in [6.45, 7) is 5.10. The Morgan fingerprint density at radius 1 is 1.40 bits per heavy atom. The first-order valence-corrected chi connectivity index (χ1v) is 6.67. The van der Waals surface area contributed by atoms with E-state index in [0.717, 1.165) is 28.7 Å². The maximum absolute atomic E-state index is 4.50. The van der Waals surface area contributed by atoms with Crippen molar-refractivity contribution in [1.82, 2.24) is 9.97 Å². The topological polar surface area (TPSA) is 37.8 Å².